The molecule has 4 aromatic rings. The first-order valence-corrected chi connectivity index (χ1v) is 12.1. The number of benzene rings is 2. The number of hydrogen-bond acceptors (Lipinski definition) is 6. The molecule has 0 aliphatic heterocycles. The summed E-state index contributed by atoms with van der Waals surface area (Å²) in [6.45, 7) is 0. The van der Waals surface area contributed by atoms with Crippen LogP contribution in [0.3, 0.4) is 0 Å². The third kappa shape index (κ3) is 4.01. The van der Waals surface area contributed by atoms with Gasteiger partial charge in [-0.1, -0.05) is 60.7 Å². The molecule has 0 atom stereocenters. The zero-order chi connectivity index (χ0) is 19.3. The Bertz CT molecular complexity index is 1080. The van der Waals surface area contributed by atoms with Gasteiger partial charge in [0.1, 0.15) is 12.1 Å². The van der Waals surface area contributed by atoms with E-state index in [-0.39, 0.29) is 0 Å². The molecule has 28 heavy (non-hydrogen) atoms. The van der Waals surface area contributed by atoms with E-state index in [0.29, 0.717) is 11.1 Å². The zero-order valence-corrected chi connectivity index (χ0v) is 17.7. The standard InChI is InChI=1S/C22H12N2S4/c23-13-17-11-19(15-7-3-1-4-8-15)25-21(17)27-28-22-18(14-24)12-20(26-22)16-9-5-2-6-10-16/h1-12H. The lowest BCUT2D eigenvalue weighted by atomic mass is 10.2. The highest BCUT2D eigenvalue weighted by atomic mass is 33.1. The van der Waals surface area contributed by atoms with Crippen LogP contribution in [0.4, 0.5) is 0 Å². The molecule has 2 nitrogen and oxygen atoms in total. The monoisotopic (exact) mass is 432 g/mol. The molecule has 0 fully saturated rings. The minimum atomic E-state index is 0.680. The smallest absolute Gasteiger partial charge is 0.101 e. The Morgan fingerprint density at radius 1 is 0.607 bits per heavy atom. The summed E-state index contributed by atoms with van der Waals surface area (Å²) in [4.78, 5) is 2.16. The molecule has 0 amide bonds. The second-order valence-electron chi connectivity index (χ2n) is 5.75. The second-order valence-corrected chi connectivity index (χ2v) is 10.5. The van der Waals surface area contributed by atoms with E-state index in [4.69, 9.17) is 0 Å². The van der Waals surface area contributed by atoms with Gasteiger partial charge in [-0.25, -0.2) is 0 Å². The zero-order valence-electron chi connectivity index (χ0n) is 14.5. The molecule has 6 heteroatoms. The Morgan fingerprint density at radius 2 is 1.00 bits per heavy atom. The van der Waals surface area contributed by atoms with Gasteiger partial charge in [0.2, 0.25) is 0 Å². The van der Waals surface area contributed by atoms with Crippen molar-refractivity contribution < 1.29 is 0 Å². The van der Waals surface area contributed by atoms with Gasteiger partial charge >= 0.3 is 0 Å². The molecule has 0 saturated heterocycles. The number of hydrogen-bond donors (Lipinski definition) is 0. The Morgan fingerprint density at radius 3 is 1.36 bits per heavy atom. The molecule has 4 rings (SSSR count). The van der Waals surface area contributed by atoms with E-state index in [0.717, 1.165) is 29.3 Å². The van der Waals surface area contributed by atoms with Crippen LogP contribution in [-0.2, 0) is 0 Å². The van der Waals surface area contributed by atoms with Gasteiger partial charge in [-0.15, -0.1) is 22.7 Å². The summed E-state index contributed by atoms with van der Waals surface area (Å²) in [5, 5.41) is 19.0. The fraction of sp³-hybridized carbons (Fsp3) is 0. The molecule has 0 aliphatic rings. The molecule has 0 saturated carbocycles. The van der Waals surface area contributed by atoms with E-state index in [1.165, 1.54) is 0 Å². The van der Waals surface area contributed by atoms with Crippen LogP contribution in [0.2, 0.25) is 0 Å². The Kier molecular flexibility index (Phi) is 5.85. The number of rotatable bonds is 5. The third-order valence-electron chi connectivity index (χ3n) is 3.95. The lowest BCUT2D eigenvalue weighted by molar-refractivity contribution is 1.47. The molecule has 2 aromatic heterocycles. The summed E-state index contributed by atoms with van der Waals surface area (Å²) in [5.74, 6) is 0. The van der Waals surface area contributed by atoms with Crippen molar-refractivity contribution in [1.82, 2.24) is 0 Å². The van der Waals surface area contributed by atoms with Gasteiger partial charge in [-0.05, 0) is 44.8 Å². The van der Waals surface area contributed by atoms with Crippen LogP contribution in [0.25, 0.3) is 20.9 Å². The summed E-state index contributed by atoms with van der Waals surface area (Å²) < 4.78 is 1.93. The quantitative estimate of drug-likeness (QED) is 0.303. The summed E-state index contributed by atoms with van der Waals surface area (Å²) >= 11 is 3.23. The lowest BCUT2D eigenvalue weighted by Crippen LogP contribution is -1.70. The highest BCUT2D eigenvalue weighted by molar-refractivity contribution is 8.77. The highest BCUT2D eigenvalue weighted by Gasteiger charge is 2.15. The largest absolute Gasteiger partial charge is 0.192 e. The normalized spacial score (nSPS) is 10.4. The van der Waals surface area contributed by atoms with E-state index >= 15 is 0 Å². The molecule has 0 N–H and O–H groups in total. The number of nitrogens with zero attached hydrogens (tertiary/aromatic N) is 2. The maximum absolute atomic E-state index is 9.51. The van der Waals surface area contributed by atoms with Crippen molar-refractivity contribution in [1.29, 1.82) is 10.5 Å². The SMILES string of the molecule is N#Cc1cc(-c2ccccc2)sc1SSc1sc(-c2ccccc2)cc1C#N. The van der Waals surface area contributed by atoms with E-state index < -0.39 is 0 Å². The molecule has 0 aliphatic carbocycles. The fourth-order valence-corrected chi connectivity index (χ4v) is 7.85. The maximum atomic E-state index is 9.51. The molecule has 2 aromatic carbocycles. The number of nitriles is 2. The van der Waals surface area contributed by atoms with Crippen LogP contribution < -0.4 is 0 Å². The summed E-state index contributed by atoms with van der Waals surface area (Å²) in [6, 6.07) is 28.6. The second kappa shape index (κ2) is 8.68. The molecule has 0 unspecified atom stereocenters. The predicted octanol–water partition coefficient (Wildman–Crippen LogP) is 7.69. The molecule has 0 spiro atoms. The molecular weight excluding hydrogens is 421 g/mol. The molecular formula is C22H12N2S4. The van der Waals surface area contributed by atoms with Crippen molar-refractivity contribution in [3.63, 3.8) is 0 Å². The molecule has 2 heterocycles. The van der Waals surface area contributed by atoms with Gasteiger partial charge in [-0.3, -0.25) is 0 Å². The highest BCUT2D eigenvalue weighted by Crippen LogP contribution is 2.49. The van der Waals surface area contributed by atoms with Gasteiger partial charge < -0.3 is 0 Å². The first-order chi connectivity index (χ1) is 13.8. The van der Waals surface area contributed by atoms with Gasteiger partial charge in [-0.2, -0.15) is 10.5 Å². The molecule has 0 radical (unpaired) electrons. The number of thiophene rings is 2. The van der Waals surface area contributed by atoms with Crippen LogP contribution in [-0.4, -0.2) is 0 Å². The maximum Gasteiger partial charge on any atom is 0.101 e. The van der Waals surface area contributed by atoms with Crippen molar-refractivity contribution in [2.24, 2.45) is 0 Å². The van der Waals surface area contributed by atoms with E-state index in [9.17, 15) is 10.5 Å². The first kappa shape index (κ1) is 18.9. The average molecular weight is 433 g/mol. The van der Waals surface area contributed by atoms with E-state index in [1.807, 2.05) is 72.8 Å². The van der Waals surface area contributed by atoms with Crippen LogP contribution in [0.1, 0.15) is 11.1 Å². The predicted molar refractivity (Wildman–Crippen MR) is 121 cm³/mol. The van der Waals surface area contributed by atoms with Crippen LogP contribution in [0.5, 0.6) is 0 Å². The first-order valence-electron chi connectivity index (χ1n) is 8.31. The van der Waals surface area contributed by atoms with Crippen molar-refractivity contribution >= 4 is 44.3 Å². The average Bonchev–Trinajstić information content (AvgIpc) is 3.37. The van der Waals surface area contributed by atoms with E-state index in [1.54, 1.807) is 44.3 Å². The third-order valence-corrected chi connectivity index (χ3v) is 9.61. The Labute approximate surface area is 179 Å². The Balaban J connectivity index is 1.58. The van der Waals surface area contributed by atoms with Crippen LogP contribution >= 0.6 is 44.3 Å². The van der Waals surface area contributed by atoms with Crippen LogP contribution in [0.15, 0.2) is 81.2 Å². The molecule has 134 valence electrons. The summed E-state index contributed by atoms with van der Waals surface area (Å²) in [5.41, 5.74) is 3.58. The van der Waals surface area contributed by atoms with Crippen molar-refractivity contribution in [2.45, 2.75) is 8.42 Å². The fourth-order valence-electron chi connectivity index (χ4n) is 2.59. The topological polar surface area (TPSA) is 47.6 Å². The van der Waals surface area contributed by atoms with Gasteiger partial charge in [0.15, 0.2) is 0 Å². The van der Waals surface area contributed by atoms with Crippen molar-refractivity contribution in [3.8, 4) is 33.0 Å². The van der Waals surface area contributed by atoms with Crippen LogP contribution in [0, 0.1) is 22.7 Å². The van der Waals surface area contributed by atoms with Gasteiger partial charge in [0, 0.05) is 9.75 Å². The van der Waals surface area contributed by atoms with Gasteiger partial charge in [0.25, 0.3) is 0 Å². The lowest BCUT2D eigenvalue weighted by Gasteiger charge is -1.97. The van der Waals surface area contributed by atoms with E-state index in [2.05, 4.69) is 12.1 Å². The van der Waals surface area contributed by atoms with Crippen molar-refractivity contribution in [2.75, 3.05) is 0 Å². The summed E-state index contributed by atoms with van der Waals surface area (Å²) in [7, 11) is 3.10. The minimum Gasteiger partial charge on any atom is -0.192 e. The molecule has 0 bridgehead atoms. The van der Waals surface area contributed by atoms with Gasteiger partial charge in [0.05, 0.1) is 19.5 Å². The Hall–Kier alpha value is -2.48. The minimum absolute atomic E-state index is 0.680. The summed E-state index contributed by atoms with van der Waals surface area (Å²) in [6.07, 6.45) is 0. The van der Waals surface area contributed by atoms with Crippen molar-refractivity contribution in [3.05, 3.63) is 83.9 Å².